The summed E-state index contributed by atoms with van der Waals surface area (Å²) in [5.41, 5.74) is 0.239. The lowest BCUT2D eigenvalue weighted by molar-refractivity contribution is -0.384. The van der Waals surface area contributed by atoms with Gasteiger partial charge in [-0.2, -0.15) is 0 Å². The summed E-state index contributed by atoms with van der Waals surface area (Å²) in [6, 6.07) is 2.90. The number of amides is 2. The first-order valence-electron chi connectivity index (χ1n) is 7.67. The predicted octanol–water partition coefficient (Wildman–Crippen LogP) is 2.65. The first-order chi connectivity index (χ1) is 11.9. The first kappa shape index (κ1) is 21.2. The molecule has 0 saturated heterocycles. The van der Waals surface area contributed by atoms with E-state index in [0.29, 0.717) is 17.6 Å². The Morgan fingerprint density at radius 2 is 1.92 bits per heavy atom. The summed E-state index contributed by atoms with van der Waals surface area (Å²) in [5.74, 6) is -0.673. The van der Waals surface area contributed by atoms with Crippen LogP contribution in [0.4, 0.5) is 11.4 Å². The monoisotopic (exact) mass is 434 g/mol. The minimum absolute atomic E-state index is 0.0585. The lowest BCUT2D eigenvalue weighted by atomic mass is 10.1. The molecular weight excluding hydrogens is 416 g/mol. The van der Waals surface area contributed by atoms with Crippen molar-refractivity contribution in [2.45, 2.75) is 19.3 Å². The van der Waals surface area contributed by atoms with E-state index in [1.807, 2.05) is 0 Å². The number of nitrogens with zero attached hydrogens (tertiary/aromatic N) is 1. The Balaban J connectivity index is 2.66. The van der Waals surface area contributed by atoms with Crippen LogP contribution in [-0.2, 0) is 4.79 Å². The van der Waals surface area contributed by atoms with Crippen molar-refractivity contribution in [1.29, 1.82) is 0 Å². The van der Waals surface area contributed by atoms with E-state index in [4.69, 9.17) is 11.6 Å². The molecule has 0 radical (unpaired) electrons. The average Bonchev–Trinajstić information content (AvgIpc) is 2.60. The highest BCUT2D eigenvalue weighted by Crippen LogP contribution is 2.32. The van der Waals surface area contributed by atoms with E-state index in [-0.39, 0.29) is 28.7 Å². The third-order valence-electron chi connectivity index (χ3n) is 3.35. The summed E-state index contributed by atoms with van der Waals surface area (Å²) in [6.07, 6.45) is 2.32. The smallest absolute Gasteiger partial charge is 0.294 e. The number of alkyl halides is 1. The molecule has 2 amide bonds. The number of unbranched alkanes of at least 4 members (excludes halogenated alkanes) is 2. The summed E-state index contributed by atoms with van der Waals surface area (Å²) in [5, 5.41) is 19.4. The van der Waals surface area contributed by atoms with Crippen molar-refractivity contribution in [2.75, 3.05) is 31.3 Å². The maximum atomic E-state index is 12.0. The van der Waals surface area contributed by atoms with E-state index in [9.17, 15) is 19.7 Å². The van der Waals surface area contributed by atoms with Gasteiger partial charge in [-0.3, -0.25) is 19.7 Å². The van der Waals surface area contributed by atoms with Gasteiger partial charge in [-0.05, 0) is 25.3 Å². The molecule has 0 aliphatic rings. The second-order valence-corrected chi connectivity index (χ2v) is 6.34. The summed E-state index contributed by atoms with van der Waals surface area (Å²) in [7, 11) is 1.47. The van der Waals surface area contributed by atoms with Crippen molar-refractivity contribution < 1.29 is 14.5 Å². The van der Waals surface area contributed by atoms with Crippen LogP contribution in [0.15, 0.2) is 16.6 Å². The highest BCUT2D eigenvalue weighted by molar-refractivity contribution is 9.10. The molecule has 0 aliphatic heterocycles. The largest absolute Gasteiger partial charge is 0.379 e. The normalized spacial score (nSPS) is 10.2. The number of hydrogen-bond donors (Lipinski definition) is 3. The van der Waals surface area contributed by atoms with E-state index in [0.717, 1.165) is 19.3 Å². The molecule has 138 valence electrons. The molecule has 0 aliphatic carbocycles. The SMILES string of the molecule is CNC(=O)c1cc(Br)cc([N+](=O)[O-])c1NCCCCCNC(=O)CCl. The summed E-state index contributed by atoms with van der Waals surface area (Å²) < 4.78 is 0.457. The average molecular weight is 436 g/mol. The van der Waals surface area contributed by atoms with Gasteiger partial charge in [0.05, 0.1) is 10.5 Å². The molecule has 0 unspecified atom stereocenters. The fourth-order valence-corrected chi connectivity index (χ4v) is 2.69. The maximum Gasteiger partial charge on any atom is 0.294 e. The van der Waals surface area contributed by atoms with Gasteiger partial charge < -0.3 is 16.0 Å². The van der Waals surface area contributed by atoms with Gasteiger partial charge in [0.2, 0.25) is 5.91 Å². The molecular formula is C15H20BrClN4O4. The Bertz CT molecular complexity index is 642. The van der Waals surface area contributed by atoms with Crippen LogP contribution in [0.3, 0.4) is 0 Å². The van der Waals surface area contributed by atoms with E-state index in [1.54, 1.807) is 0 Å². The second-order valence-electron chi connectivity index (χ2n) is 5.15. The van der Waals surface area contributed by atoms with Gasteiger partial charge in [0, 0.05) is 30.7 Å². The highest BCUT2D eigenvalue weighted by atomic mass is 79.9. The number of carbonyl (C=O) groups is 2. The van der Waals surface area contributed by atoms with E-state index >= 15 is 0 Å². The predicted molar refractivity (Wildman–Crippen MR) is 100 cm³/mol. The molecule has 25 heavy (non-hydrogen) atoms. The standard InChI is InChI=1S/C15H20BrClN4O4/c1-18-15(23)11-7-10(16)8-12(21(24)25)14(11)20-6-4-2-3-5-19-13(22)9-17/h7-8,20H,2-6,9H2,1H3,(H,18,23)(H,19,22). The van der Waals surface area contributed by atoms with Crippen LogP contribution < -0.4 is 16.0 Å². The zero-order chi connectivity index (χ0) is 18.8. The molecule has 0 aromatic heterocycles. The number of nitrogens with one attached hydrogen (secondary N) is 3. The van der Waals surface area contributed by atoms with E-state index < -0.39 is 10.8 Å². The topological polar surface area (TPSA) is 113 Å². The van der Waals surface area contributed by atoms with Crippen molar-refractivity contribution in [3.8, 4) is 0 Å². The van der Waals surface area contributed by atoms with Crippen molar-refractivity contribution in [3.05, 3.63) is 32.3 Å². The third kappa shape index (κ3) is 6.87. The van der Waals surface area contributed by atoms with E-state index in [2.05, 4.69) is 31.9 Å². The number of halogens is 2. The molecule has 0 atom stereocenters. The van der Waals surface area contributed by atoms with Crippen molar-refractivity contribution in [3.63, 3.8) is 0 Å². The van der Waals surface area contributed by atoms with Crippen molar-refractivity contribution in [1.82, 2.24) is 10.6 Å². The number of nitro groups is 1. The summed E-state index contributed by atoms with van der Waals surface area (Å²) in [4.78, 5) is 33.7. The lowest BCUT2D eigenvalue weighted by Crippen LogP contribution is -2.25. The molecule has 0 bridgehead atoms. The number of nitro benzene ring substituents is 1. The van der Waals surface area contributed by atoms with Crippen LogP contribution >= 0.6 is 27.5 Å². The number of benzene rings is 1. The van der Waals surface area contributed by atoms with Crippen molar-refractivity contribution >= 4 is 50.7 Å². The molecule has 8 nitrogen and oxygen atoms in total. The van der Waals surface area contributed by atoms with Crippen LogP contribution in [0, 0.1) is 10.1 Å². The molecule has 1 rings (SSSR count). The van der Waals surface area contributed by atoms with Crippen LogP contribution in [0.2, 0.25) is 0 Å². The lowest BCUT2D eigenvalue weighted by Gasteiger charge is -2.12. The first-order valence-corrected chi connectivity index (χ1v) is 9.00. The molecule has 0 fully saturated rings. The van der Waals surface area contributed by atoms with Crippen LogP contribution in [-0.4, -0.2) is 42.8 Å². The Labute approximate surface area is 159 Å². The molecule has 0 spiro atoms. The Hall–Kier alpha value is -1.87. The molecule has 3 N–H and O–H groups in total. The molecule has 1 aromatic carbocycles. The van der Waals surface area contributed by atoms with Gasteiger partial charge in [0.15, 0.2) is 0 Å². The molecule has 0 saturated carbocycles. The molecule has 1 aromatic rings. The molecule has 0 heterocycles. The minimum Gasteiger partial charge on any atom is -0.379 e. The Morgan fingerprint density at radius 1 is 1.24 bits per heavy atom. The quantitative estimate of drug-likeness (QED) is 0.226. The zero-order valence-corrected chi connectivity index (χ0v) is 16.1. The number of anilines is 1. The maximum absolute atomic E-state index is 12.0. The minimum atomic E-state index is -0.527. The highest BCUT2D eigenvalue weighted by Gasteiger charge is 2.22. The number of carbonyl (C=O) groups excluding carboxylic acids is 2. The fraction of sp³-hybridized carbons (Fsp3) is 0.467. The van der Waals surface area contributed by atoms with Gasteiger partial charge in [-0.15, -0.1) is 11.6 Å². The van der Waals surface area contributed by atoms with Crippen LogP contribution in [0.1, 0.15) is 29.6 Å². The van der Waals surface area contributed by atoms with Crippen LogP contribution in [0.25, 0.3) is 0 Å². The third-order valence-corrected chi connectivity index (χ3v) is 4.05. The van der Waals surface area contributed by atoms with Gasteiger partial charge >= 0.3 is 0 Å². The fourth-order valence-electron chi connectivity index (χ4n) is 2.15. The van der Waals surface area contributed by atoms with Gasteiger partial charge in [-0.25, -0.2) is 0 Å². The van der Waals surface area contributed by atoms with Crippen molar-refractivity contribution in [2.24, 2.45) is 0 Å². The number of hydrogen-bond acceptors (Lipinski definition) is 5. The van der Waals surface area contributed by atoms with Gasteiger partial charge in [0.25, 0.3) is 11.6 Å². The number of rotatable bonds is 10. The van der Waals surface area contributed by atoms with Gasteiger partial charge in [0.1, 0.15) is 11.6 Å². The van der Waals surface area contributed by atoms with Crippen LogP contribution in [0.5, 0.6) is 0 Å². The Morgan fingerprint density at radius 3 is 2.52 bits per heavy atom. The van der Waals surface area contributed by atoms with Gasteiger partial charge in [-0.1, -0.05) is 15.9 Å². The zero-order valence-electron chi connectivity index (χ0n) is 13.7. The molecule has 10 heteroatoms. The second kappa shape index (κ2) is 10.9. The van der Waals surface area contributed by atoms with E-state index in [1.165, 1.54) is 19.2 Å². The summed E-state index contributed by atoms with van der Waals surface area (Å²) >= 11 is 8.56. The Kier molecular flexibility index (Phi) is 9.22. The summed E-state index contributed by atoms with van der Waals surface area (Å²) in [6.45, 7) is 1.00.